The lowest BCUT2D eigenvalue weighted by Gasteiger charge is -2.15. The molecule has 0 aromatic heterocycles. The van der Waals surface area contributed by atoms with Crippen LogP contribution in [0.2, 0.25) is 0 Å². The van der Waals surface area contributed by atoms with Crippen LogP contribution in [0.25, 0.3) is 6.08 Å². The molecule has 0 fully saturated rings. The molecule has 0 radical (unpaired) electrons. The maximum atomic E-state index is 13.1. The second kappa shape index (κ2) is 8.79. The summed E-state index contributed by atoms with van der Waals surface area (Å²) in [5, 5.41) is 15.3. The maximum absolute atomic E-state index is 13.1. The van der Waals surface area contributed by atoms with Gasteiger partial charge < -0.3 is 9.84 Å². The number of rotatable bonds is 7. The number of amides is 1. The minimum absolute atomic E-state index is 0.0320. The highest BCUT2D eigenvalue weighted by Gasteiger charge is 2.37. The number of hydrogen-bond acceptors (Lipinski definition) is 4. The van der Waals surface area contributed by atoms with E-state index in [0.717, 1.165) is 5.56 Å². The van der Waals surface area contributed by atoms with Crippen LogP contribution in [-0.4, -0.2) is 36.4 Å². The molecule has 3 rings (SSSR count). The van der Waals surface area contributed by atoms with Crippen molar-refractivity contribution in [2.75, 3.05) is 18.7 Å². The van der Waals surface area contributed by atoms with Crippen molar-refractivity contribution in [3.63, 3.8) is 0 Å². The molecule has 1 aliphatic rings. The third kappa shape index (κ3) is 4.75. The first-order chi connectivity index (χ1) is 13.9. The molecule has 1 N–H and O–H groups in total. The van der Waals surface area contributed by atoms with Gasteiger partial charge in [0.15, 0.2) is 0 Å². The second-order valence-corrected chi connectivity index (χ2v) is 6.79. The zero-order chi connectivity index (χ0) is 21.0. The van der Waals surface area contributed by atoms with E-state index in [1.165, 1.54) is 42.5 Å². The molecule has 1 atom stereocenters. The molecule has 1 heterocycles. The standard InChI is InChI=1S/C22H21FN2O4/c1-14-3-9-18(10-4-14)25-21(26)19(20(24-25)13-29-2)12-16(22(27)28)11-15-5-7-17(23)8-6-15/h3-11,19H,12-13H2,1-2H3,(H,27,28). The molecule has 1 amide bonds. The van der Waals surface area contributed by atoms with Crippen LogP contribution in [0, 0.1) is 18.7 Å². The quantitative estimate of drug-likeness (QED) is 0.725. The first-order valence-corrected chi connectivity index (χ1v) is 9.05. The molecule has 150 valence electrons. The average Bonchev–Trinajstić information content (AvgIpc) is 2.99. The van der Waals surface area contributed by atoms with Gasteiger partial charge in [-0.15, -0.1) is 0 Å². The summed E-state index contributed by atoms with van der Waals surface area (Å²) in [4.78, 5) is 24.8. The van der Waals surface area contributed by atoms with Gasteiger partial charge in [0.05, 0.1) is 23.9 Å². The lowest BCUT2D eigenvalue weighted by molar-refractivity contribution is -0.132. The number of halogens is 1. The van der Waals surface area contributed by atoms with Gasteiger partial charge in [-0.3, -0.25) is 4.79 Å². The number of carboxylic acid groups (broad SMARTS) is 1. The topological polar surface area (TPSA) is 79.2 Å². The highest BCUT2D eigenvalue weighted by Crippen LogP contribution is 2.29. The normalized spacial score (nSPS) is 16.9. The molecule has 0 spiro atoms. The molecule has 0 bridgehead atoms. The van der Waals surface area contributed by atoms with Gasteiger partial charge in [-0.05, 0) is 49.2 Å². The van der Waals surface area contributed by atoms with Crippen molar-refractivity contribution in [3.8, 4) is 0 Å². The Labute approximate surface area is 167 Å². The number of aryl methyl sites for hydroxylation is 1. The van der Waals surface area contributed by atoms with Crippen LogP contribution in [0.1, 0.15) is 17.5 Å². The number of benzene rings is 2. The first-order valence-electron chi connectivity index (χ1n) is 9.05. The van der Waals surface area contributed by atoms with Crippen molar-refractivity contribution in [2.45, 2.75) is 13.3 Å². The number of aliphatic carboxylic acids is 1. The number of ether oxygens (including phenoxy) is 1. The van der Waals surface area contributed by atoms with E-state index in [4.69, 9.17) is 4.74 Å². The summed E-state index contributed by atoms with van der Waals surface area (Å²) in [5.41, 5.74) is 2.69. The Morgan fingerprint density at radius 1 is 1.21 bits per heavy atom. The molecule has 0 saturated heterocycles. The highest BCUT2D eigenvalue weighted by molar-refractivity contribution is 6.16. The van der Waals surface area contributed by atoms with E-state index in [1.807, 2.05) is 19.1 Å². The van der Waals surface area contributed by atoms with Crippen molar-refractivity contribution < 1.29 is 23.8 Å². The SMILES string of the molecule is COCC1=NN(c2ccc(C)cc2)C(=O)C1CC(=Cc1ccc(F)cc1)C(=O)O. The minimum Gasteiger partial charge on any atom is -0.478 e. The van der Waals surface area contributed by atoms with Crippen LogP contribution in [0.3, 0.4) is 0 Å². The molecule has 2 aromatic carbocycles. The Hall–Kier alpha value is -3.32. The predicted molar refractivity (Wildman–Crippen MR) is 108 cm³/mol. The summed E-state index contributed by atoms with van der Waals surface area (Å²) in [7, 11) is 1.49. The third-order valence-electron chi connectivity index (χ3n) is 4.62. The molecule has 0 saturated carbocycles. The van der Waals surface area contributed by atoms with Gasteiger partial charge in [0, 0.05) is 12.7 Å². The predicted octanol–water partition coefficient (Wildman–Crippen LogP) is 3.66. The number of carbonyl (C=O) groups excluding carboxylic acids is 1. The van der Waals surface area contributed by atoms with Crippen LogP contribution >= 0.6 is 0 Å². The number of carboxylic acids is 1. The van der Waals surface area contributed by atoms with Crippen molar-refractivity contribution in [2.24, 2.45) is 11.0 Å². The Kier molecular flexibility index (Phi) is 6.19. The monoisotopic (exact) mass is 396 g/mol. The summed E-state index contributed by atoms with van der Waals surface area (Å²) in [6.07, 6.45) is 1.39. The largest absolute Gasteiger partial charge is 0.478 e. The van der Waals surface area contributed by atoms with Crippen LogP contribution in [0.4, 0.5) is 10.1 Å². The van der Waals surface area contributed by atoms with Crippen molar-refractivity contribution >= 4 is 29.4 Å². The Bertz CT molecular complexity index is 965. The molecule has 7 heteroatoms. The van der Waals surface area contributed by atoms with Crippen molar-refractivity contribution in [1.82, 2.24) is 0 Å². The Morgan fingerprint density at radius 2 is 1.86 bits per heavy atom. The van der Waals surface area contributed by atoms with Gasteiger partial charge in [0.2, 0.25) is 0 Å². The van der Waals surface area contributed by atoms with Gasteiger partial charge in [-0.25, -0.2) is 14.2 Å². The number of methoxy groups -OCH3 is 1. The lowest BCUT2D eigenvalue weighted by Crippen LogP contribution is -2.29. The molecule has 2 aromatic rings. The van der Waals surface area contributed by atoms with Crippen LogP contribution in [-0.2, 0) is 14.3 Å². The van der Waals surface area contributed by atoms with Gasteiger partial charge >= 0.3 is 5.97 Å². The summed E-state index contributed by atoms with van der Waals surface area (Å²) in [5.74, 6) is -2.62. The van der Waals surface area contributed by atoms with Crippen LogP contribution in [0.15, 0.2) is 59.2 Å². The summed E-state index contributed by atoms with van der Waals surface area (Å²) in [6, 6.07) is 12.8. The van der Waals surface area contributed by atoms with E-state index in [2.05, 4.69) is 5.10 Å². The van der Waals surface area contributed by atoms with E-state index in [9.17, 15) is 19.1 Å². The highest BCUT2D eigenvalue weighted by atomic mass is 19.1. The number of nitrogens with zero attached hydrogens (tertiary/aromatic N) is 2. The van der Waals surface area contributed by atoms with Gasteiger partial charge in [0.25, 0.3) is 5.91 Å². The van der Waals surface area contributed by atoms with E-state index in [1.54, 1.807) is 12.1 Å². The second-order valence-electron chi connectivity index (χ2n) is 6.79. The van der Waals surface area contributed by atoms with Gasteiger partial charge in [-0.2, -0.15) is 5.10 Å². The fraction of sp³-hybridized carbons (Fsp3) is 0.227. The van der Waals surface area contributed by atoms with E-state index < -0.39 is 17.7 Å². The van der Waals surface area contributed by atoms with Crippen LogP contribution in [0.5, 0.6) is 0 Å². The van der Waals surface area contributed by atoms with E-state index >= 15 is 0 Å². The maximum Gasteiger partial charge on any atom is 0.331 e. The molecule has 1 aliphatic heterocycles. The Morgan fingerprint density at radius 3 is 2.45 bits per heavy atom. The third-order valence-corrected chi connectivity index (χ3v) is 4.62. The zero-order valence-corrected chi connectivity index (χ0v) is 16.1. The zero-order valence-electron chi connectivity index (χ0n) is 16.1. The number of hydrazone groups is 1. The van der Waals surface area contributed by atoms with Crippen molar-refractivity contribution in [1.29, 1.82) is 0 Å². The summed E-state index contributed by atoms with van der Waals surface area (Å²) in [6.45, 7) is 2.06. The average molecular weight is 396 g/mol. The van der Waals surface area contributed by atoms with E-state index in [-0.39, 0.29) is 24.5 Å². The van der Waals surface area contributed by atoms with Crippen molar-refractivity contribution in [3.05, 3.63) is 71.0 Å². The summed E-state index contributed by atoms with van der Waals surface area (Å²) >= 11 is 0. The van der Waals surface area contributed by atoms with Gasteiger partial charge in [0.1, 0.15) is 5.82 Å². The minimum atomic E-state index is -1.15. The number of anilines is 1. The Balaban J connectivity index is 1.89. The molecule has 1 unspecified atom stereocenters. The van der Waals surface area contributed by atoms with Gasteiger partial charge in [-0.1, -0.05) is 29.8 Å². The number of hydrogen-bond donors (Lipinski definition) is 1. The first kappa shape index (κ1) is 20.4. The molecular formula is C22H21FN2O4. The lowest BCUT2D eigenvalue weighted by atomic mass is 9.93. The molecular weight excluding hydrogens is 375 g/mol. The smallest absolute Gasteiger partial charge is 0.331 e. The summed E-state index contributed by atoms with van der Waals surface area (Å²) < 4.78 is 18.3. The number of carbonyl (C=O) groups is 2. The molecule has 29 heavy (non-hydrogen) atoms. The van der Waals surface area contributed by atoms with Crippen LogP contribution < -0.4 is 5.01 Å². The molecule has 6 nitrogen and oxygen atoms in total. The fourth-order valence-electron chi connectivity index (χ4n) is 3.08. The molecule has 0 aliphatic carbocycles. The van der Waals surface area contributed by atoms with E-state index in [0.29, 0.717) is 17.0 Å². The fourth-order valence-corrected chi connectivity index (χ4v) is 3.08.